The van der Waals surface area contributed by atoms with Crippen LogP contribution in [0.25, 0.3) is 0 Å². The average molecular weight is 349 g/mol. The maximum atomic E-state index is 12.0. The fourth-order valence-electron chi connectivity index (χ4n) is 2.04. The molecular weight excluding hydrogens is 335 g/mol. The second-order valence-corrected chi connectivity index (χ2v) is 5.70. The van der Waals surface area contributed by atoms with Crippen molar-refractivity contribution in [3.05, 3.63) is 63.6 Å². The lowest BCUT2D eigenvalue weighted by atomic mass is 10.1. The minimum absolute atomic E-state index is 0.186. The van der Waals surface area contributed by atoms with Crippen LogP contribution in [0.5, 0.6) is 5.75 Å². The Bertz CT molecular complexity index is 756. The second kappa shape index (κ2) is 7.87. The predicted molar refractivity (Wildman–Crippen MR) is 89.7 cm³/mol. The maximum Gasteiger partial charge on any atom is 0.258 e. The number of nitrogens with zero attached hydrogens (tertiary/aromatic N) is 1. The fraction of sp³-hybridized carbons (Fsp3) is 0.176. The van der Waals surface area contributed by atoms with E-state index in [1.54, 1.807) is 42.5 Å². The first kappa shape index (κ1) is 17.1. The molecule has 0 heterocycles. The number of hydrogen-bond acceptors (Lipinski definition) is 3. The van der Waals surface area contributed by atoms with Gasteiger partial charge in [-0.1, -0.05) is 41.4 Å². The summed E-state index contributed by atoms with van der Waals surface area (Å²) in [6.07, 6.45) is 0. The molecule has 23 heavy (non-hydrogen) atoms. The summed E-state index contributed by atoms with van der Waals surface area (Å²) in [5.41, 5.74) is 1.15. The summed E-state index contributed by atoms with van der Waals surface area (Å²) < 4.78 is 5.39. The Labute approximate surface area is 144 Å². The summed E-state index contributed by atoms with van der Waals surface area (Å²) in [5.74, 6) is 0.0681. The van der Waals surface area contributed by atoms with Crippen molar-refractivity contribution in [2.75, 3.05) is 6.61 Å². The van der Waals surface area contributed by atoms with E-state index < -0.39 is 0 Å². The normalized spacial score (nSPS) is 11.4. The molecule has 0 aliphatic rings. The highest BCUT2D eigenvalue weighted by atomic mass is 35.5. The van der Waals surface area contributed by atoms with Gasteiger partial charge in [-0.25, -0.2) is 0 Å². The number of carbonyl (C=O) groups excluding carboxylic acids is 1. The van der Waals surface area contributed by atoms with E-state index in [0.29, 0.717) is 21.4 Å². The number of ether oxygens (including phenoxy) is 1. The zero-order chi connectivity index (χ0) is 16.8. The van der Waals surface area contributed by atoms with Crippen molar-refractivity contribution >= 4 is 29.1 Å². The van der Waals surface area contributed by atoms with Crippen LogP contribution in [0.3, 0.4) is 0 Å². The Balaban J connectivity index is 1.95. The number of amides is 1. The van der Waals surface area contributed by atoms with Crippen molar-refractivity contribution in [3.8, 4) is 11.8 Å². The van der Waals surface area contributed by atoms with E-state index in [2.05, 4.69) is 5.32 Å². The van der Waals surface area contributed by atoms with Gasteiger partial charge in [0.1, 0.15) is 11.8 Å². The van der Waals surface area contributed by atoms with Crippen LogP contribution in [0.15, 0.2) is 42.5 Å². The monoisotopic (exact) mass is 348 g/mol. The van der Waals surface area contributed by atoms with Crippen LogP contribution < -0.4 is 10.1 Å². The van der Waals surface area contributed by atoms with Gasteiger partial charge in [-0.15, -0.1) is 0 Å². The SMILES string of the molecule is C[C@H](NC(=O)COc1ccccc1C#N)c1ccc(Cl)cc1Cl. The summed E-state index contributed by atoms with van der Waals surface area (Å²) in [6, 6.07) is 13.6. The molecule has 2 aromatic carbocycles. The van der Waals surface area contributed by atoms with E-state index in [4.69, 9.17) is 33.2 Å². The van der Waals surface area contributed by atoms with Crippen LogP contribution in [0, 0.1) is 11.3 Å². The topological polar surface area (TPSA) is 62.1 Å². The quantitative estimate of drug-likeness (QED) is 0.883. The molecule has 118 valence electrons. The van der Waals surface area contributed by atoms with Gasteiger partial charge in [0, 0.05) is 10.0 Å². The van der Waals surface area contributed by atoms with Crippen LogP contribution in [-0.4, -0.2) is 12.5 Å². The molecule has 6 heteroatoms. The Morgan fingerprint density at radius 3 is 2.74 bits per heavy atom. The Kier molecular flexibility index (Phi) is 5.86. The molecule has 2 rings (SSSR count). The average Bonchev–Trinajstić information content (AvgIpc) is 2.53. The van der Waals surface area contributed by atoms with Crippen molar-refractivity contribution < 1.29 is 9.53 Å². The van der Waals surface area contributed by atoms with E-state index in [0.717, 1.165) is 5.56 Å². The Morgan fingerprint density at radius 2 is 2.04 bits per heavy atom. The number of nitrogens with one attached hydrogen (secondary N) is 1. The first-order valence-corrected chi connectivity index (χ1v) is 7.63. The van der Waals surface area contributed by atoms with Crippen LogP contribution in [0.2, 0.25) is 10.0 Å². The first-order valence-electron chi connectivity index (χ1n) is 6.87. The molecule has 1 N–H and O–H groups in total. The van der Waals surface area contributed by atoms with Crippen molar-refractivity contribution in [1.82, 2.24) is 5.32 Å². The lowest BCUT2D eigenvalue weighted by molar-refractivity contribution is -0.123. The van der Waals surface area contributed by atoms with Crippen LogP contribution in [0.4, 0.5) is 0 Å². The fourth-order valence-corrected chi connectivity index (χ4v) is 2.61. The van der Waals surface area contributed by atoms with Crippen molar-refractivity contribution in [2.24, 2.45) is 0 Å². The number of para-hydroxylation sites is 1. The van der Waals surface area contributed by atoms with Crippen LogP contribution in [-0.2, 0) is 4.79 Å². The molecule has 2 aromatic rings. The number of rotatable bonds is 5. The summed E-state index contributed by atoms with van der Waals surface area (Å²) in [4.78, 5) is 12.0. The first-order chi connectivity index (χ1) is 11.0. The summed E-state index contributed by atoms with van der Waals surface area (Å²) in [7, 11) is 0. The van der Waals surface area contributed by atoms with E-state index in [9.17, 15) is 4.79 Å². The zero-order valence-corrected chi connectivity index (χ0v) is 13.9. The third-order valence-electron chi connectivity index (χ3n) is 3.17. The van der Waals surface area contributed by atoms with Gasteiger partial charge in [0.2, 0.25) is 0 Å². The lowest BCUT2D eigenvalue weighted by Gasteiger charge is -2.16. The molecule has 0 aliphatic carbocycles. The molecule has 0 fully saturated rings. The van der Waals surface area contributed by atoms with Crippen molar-refractivity contribution in [1.29, 1.82) is 5.26 Å². The van der Waals surface area contributed by atoms with E-state index in [1.165, 1.54) is 0 Å². The predicted octanol–water partition coefficient (Wildman–Crippen LogP) is 4.12. The third-order valence-corrected chi connectivity index (χ3v) is 3.74. The largest absolute Gasteiger partial charge is 0.482 e. The third kappa shape index (κ3) is 4.62. The standard InChI is InChI=1S/C17H14Cl2N2O2/c1-11(14-7-6-13(18)8-15(14)19)21-17(22)10-23-16-5-3-2-4-12(16)9-20/h2-8,11H,10H2,1H3,(H,21,22)/t11-/m0/s1. The number of benzene rings is 2. The Morgan fingerprint density at radius 1 is 1.30 bits per heavy atom. The van der Waals surface area contributed by atoms with Gasteiger partial charge in [-0.05, 0) is 36.8 Å². The highest BCUT2D eigenvalue weighted by Gasteiger charge is 2.14. The number of nitriles is 1. The van der Waals surface area contributed by atoms with Gasteiger partial charge < -0.3 is 10.1 Å². The van der Waals surface area contributed by atoms with E-state index >= 15 is 0 Å². The van der Waals surface area contributed by atoms with Gasteiger partial charge >= 0.3 is 0 Å². The lowest BCUT2D eigenvalue weighted by Crippen LogP contribution is -2.31. The molecule has 1 amide bonds. The molecule has 0 bridgehead atoms. The van der Waals surface area contributed by atoms with Crippen molar-refractivity contribution in [3.63, 3.8) is 0 Å². The summed E-state index contributed by atoms with van der Waals surface area (Å²) in [5, 5.41) is 12.8. The second-order valence-electron chi connectivity index (χ2n) is 4.85. The molecule has 0 unspecified atom stereocenters. The van der Waals surface area contributed by atoms with E-state index in [-0.39, 0.29) is 18.6 Å². The van der Waals surface area contributed by atoms with Gasteiger partial charge in [0.15, 0.2) is 6.61 Å². The number of halogens is 2. The van der Waals surface area contributed by atoms with E-state index in [1.807, 2.05) is 13.0 Å². The smallest absolute Gasteiger partial charge is 0.258 e. The van der Waals surface area contributed by atoms with Gasteiger partial charge in [-0.2, -0.15) is 5.26 Å². The Hall–Kier alpha value is -2.22. The van der Waals surface area contributed by atoms with Crippen molar-refractivity contribution in [2.45, 2.75) is 13.0 Å². The summed E-state index contributed by atoms with van der Waals surface area (Å²) >= 11 is 12.0. The van der Waals surface area contributed by atoms with Gasteiger partial charge in [0.05, 0.1) is 11.6 Å². The highest BCUT2D eigenvalue weighted by molar-refractivity contribution is 6.35. The molecule has 0 radical (unpaired) electrons. The minimum atomic E-state index is -0.309. The van der Waals surface area contributed by atoms with Crippen LogP contribution >= 0.6 is 23.2 Å². The molecule has 0 aromatic heterocycles. The highest BCUT2D eigenvalue weighted by Crippen LogP contribution is 2.26. The van der Waals surface area contributed by atoms with Crippen LogP contribution in [0.1, 0.15) is 24.1 Å². The maximum absolute atomic E-state index is 12.0. The molecule has 0 saturated carbocycles. The molecule has 0 saturated heterocycles. The molecule has 0 spiro atoms. The molecular formula is C17H14Cl2N2O2. The minimum Gasteiger partial charge on any atom is -0.482 e. The summed E-state index contributed by atoms with van der Waals surface area (Å²) in [6.45, 7) is 1.63. The number of carbonyl (C=O) groups is 1. The molecule has 4 nitrogen and oxygen atoms in total. The van der Waals surface area contributed by atoms with Gasteiger partial charge in [-0.3, -0.25) is 4.79 Å². The molecule has 1 atom stereocenters. The van der Waals surface area contributed by atoms with Gasteiger partial charge in [0.25, 0.3) is 5.91 Å². The number of hydrogen-bond donors (Lipinski definition) is 1. The molecule has 0 aliphatic heterocycles. The zero-order valence-electron chi connectivity index (χ0n) is 12.3.